The lowest BCUT2D eigenvalue weighted by Gasteiger charge is -2.11. The minimum Gasteiger partial charge on any atom is -0.493 e. The van der Waals surface area contributed by atoms with E-state index < -0.39 is 0 Å². The number of quaternary nitrogens is 1. The largest absolute Gasteiger partial charge is 0.493 e. The zero-order chi connectivity index (χ0) is 14.9. The molecule has 3 nitrogen and oxygen atoms in total. The molecule has 1 aliphatic carbocycles. The number of hydrogen-bond donors (Lipinski definition) is 1. The maximum atomic E-state index is 11.8. The first-order valence-corrected chi connectivity index (χ1v) is 8.39. The van der Waals surface area contributed by atoms with Gasteiger partial charge in [-0.15, -0.1) is 0 Å². The van der Waals surface area contributed by atoms with E-state index in [0.29, 0.717) is 13.0 Å². The molecule has 0 bridgehead atoms. The second-order valence-corrected chi connectivity index (χ2v) is 5.90. The van der Waals surface area contributed by atoms with Crippen molar-refractivity contribution in [2.24, 2.45) is 0 Å². The maximum absolute atomic E-state index is 11.8. The predicted octanol–water partition coefficient (Wildman–Crippen LogP) is 2.94. The quantitative estimate of drug-likeness (QED) is 0.561. The highest BCUT2D eigenvalue weighted by Gasteiger charge is 2.16. The molecule has 2 N–H and O–H groups in total. The van der Waals surface area contributed by atoms with Gasteiger partial charge in [-0.05, 0) is 50.7 Å². The topological polar surface area (TPSA) is 42.9 Å². The lowest BCUT2D eigenvalue weighted by atomic mass is 10.1. The summed E-state index contributed by atoms with van der Waals surface area (Å²) in [4.78, 5) is 11.8. The highest BCUT2D eigenvalue weighted by Crippen LogP contribution is 2.19. The van der Waals surface area contributed by atoms with Crippen LogP contribution in [0.3, 0.4) is 0 Å². The molecule has 1 aromatic carbocycles. The summed E-state index contributed by atoms with van der Waals surface area (Å²) < 4.78 is 5.80. The van der Waals surface area contributed by atoms with Gasteiger partial charge >= 0.3 is 0 Å². The Kier molecular flexibility index (Phi) is 6.74. The second-order valence-electron chi connectivity index (χ2n) is 5.90. The van der Waals surface area contributed by atoms with Crippen molar-refractivity contribution in [2.75, 3.05) is 13.2 Å². The number of unbranched alkanes of at least 4 members (excludes halogenated alkanes) is 1. The maximum Gasteiger partial charge on any atom is 0.166 e. The first-order chi connectivity index (χ1) is 10.3. The molecule has 1 aromatic rings. The normalized spacial score (nSPS) is 15.3. The fourth-order valence-electron chi connectivity index (χ4n) is 2.99. The Morgan fingerprint density at radius 1 is 1.24 bits per heavy atom. The highest BCUT2D eigenvalue weighted by molar-refractivity contribution is 5.98. The standard InChI is InChI=1S/C18H27NO2/c1-2-17(20)16-11-5-6-12-18(16)21-14-8-7-13-19-15-9-3-4-10-15/h5-6,11-12,15,19H,2-4,7-10,13-14H2,1H3/p+1. The molecule has 2 rings (SSSR count). The molecule has 0 atom stereocenters. The number of ketones is 1. The number of benzene rings is 1. The van der Waals surface area contributed by atoms with Crippen LogP contribution < -0.4 is 10.1 Å². The van der Waals surface area contributed by atoms with Gasteiger partial charge in [0, 0.05) is 6.42 Å². The molecule has 21 heavy (non-hydrogen) atoms. The zero-order valence-electron chi connectivity index (χ0n) is 13.1. The van der Waals surface area contributed by atoms with Crippen LogP contribution in [-0.4, -0.2) is 25.0 Å². The molecule has 1 aliphatic rings. The number of nitrogens with two attached hydrogens (primary N) is 1. The van der Waals surface area contributed by atoms with Gasteiger partial charge in [-0.3, -0.25) is 4.79 Å². The summed E-state index contributed by atoms with van der Waals surface area (Å²) in [5.41, 5.74) is 0.720. The summed E-state index contributed by atoms with van der Waals surface area (Å²) in [6, 6.07) is 8.44. The van der Waals surface area contributed by atoms with Crippen molar-refractivity contribution < 1.29 is 14.8 Å². The molecule has 1 fully saturated rings. The SMILES string of the molecule is CCC(=O)c1ccccc1OCCCC[NH2+]C1CCCC1. The van der Waals surface area contributed by atoms with Crippen LogP contribution in [0.1, 0.15) is 62.2 Å². The van der Waals surface area contributed by atoms with E-state index >= 15 is 0 Å². The number of carbonyl (C=O) groups excluding carboxylic acids is 1. The van der Waals surface area contributed by atoms with E-state index in [-0.39, 0.29) is 5.78 Å². The molecular weight excluding hydrogens is 262 g/mol. The summed E-state index contributed by atoms with van der Waals surface area (Å²) in [6.07, 6.45) is 8.36. The first kappa shape index (κ1) is 16.0. The molecule has 116 valence electrons. The number of para-hydroxylation sites is 1. The molecule has 0 amide bonds. The Labute approximate surface area is 128 Å². The second kappa shape index (κ2) is 8.83. The van der Waals surface area contributed by atoms with Crippen LogP contribution in [-0.2, 0) is 0 Å². The van der Waals surface area contributed by atoms with Crippen molar-refractivity contribution in [1.29, 1.82) is 0 Å². The van der Waals surface area contributed by atoms with Gasteiger partial charge in [-0.25, -0.2) is 0 Å². The molecule has 0 unspecified atom stereocenters. The van der Waals surface area contributed by atoms with Gasteiger partial charge in [0.2, 0.25) is 0 Å². The van der Waals surface area contributed by atoms with Crippen LogP contribution in [0.4, 0.5) is 0 Å². The van der Waals surface area contributed by atoms with E-state index in [9.17, 15) is 4.79 Å². The third kappa shape index (κ3) is 5.16. The summed E-state index contributed by atoms with van der Waals surface area (Å²) in [5, 5.41) is 2.50. The average Bonchev–Trinajstić information content (AvgIpc) is 3.03. The molecule has 0 heterocycles. The number of ether oxygens (including phenoxy) is 1. The summed E-state index contributed by atoms with van der Waals surface area (Å²) >= 11 is 0. The molecular formula is C18H28NO2+. The van der Waals surface area contributed by atoms with Crippen molar-refractivity contribution in [3.05, 3.63) is 29.8 Å². The molecule has 0 saturated heterocycles. The fourth-order valence-corrected chi connectivity index (χ4v) is 2.99. The summed E-state index contributed by atoms with van der Waals surface area (Å²) in [7, 11) is 0. The van der Waals surface area contributed by atoms with E-state index in [2.05, 4.69) is 5.32 Å². The van der Waals surface area contributed by atoms with Crippen molar-refractivity contribution in [3.63, 3.8) is 0 Å². The van der Waals surface area contributed by atoms with Gasteiger partial charge < -0.3 is 10.1 Å². The minimum atomic E-state index is 0.153. The van der Waals surface area contributed by atoms with Gasteiger partial charge in [-0.1, -0.05) is 19.1 Å². The molecule has 3 heteroatoms. The number of hydrogen-bond acceptors (Lipinski definition) is 2. The van der Waals surface area contributed by atoms with Crippen LogP contribution in [0.15, 0.2) is 24.3 Å². The molecule has 0 aromatic heterocycles. The Morgan fingerprint density at radius 2 is 2.00 bits per heavy atom. The highest BCUT2D eigenvalue weighted by atomic mass is 16.5. The Morgan fingerprint density at radius 3 is 2.76 bits per heavy atom. The van der Waals surface area contributed by atoms with Crippen LogP contribution >= 0.6 is 0 Å². The predicted molar refractivity (Wildman–Crippen MR) is 84.8 cm³/mol. The molecule has 0 aliphatic heterocycles. The van der Waals surface area contributed by atoms with Crippen LogP contribution in [0.5, 0.6) is 5.75 Å². The monoisotopic (exact) mass is 290 g/mol. The summed E-state index contributed by atoms with van der Waals surface area (Å²) in [5.74, 6) is 0.893. The van der Waals surface area contributed by atoms with Gasteiger partial charge in [-0.2, -0.15) is 0 Å². The van der Waals surface area contributed by atoms with E-state index in [4.69, 9.17) is 4.74 Å². The van der Waals surface area contributed by atoms with E-state index in [0.717, 1.165) is 23.8 Å². The minimum absolute atomic E-state index is 0.153. The van der Waals surface area contributed by atoms with Crippen molar-refractivity contribution in [1.82, 2.24) is 0 Å². The van der Waals surface area contributed by atoms with Gasteiger partial charge in [0.1, 0.15) is 5.75 Å². The van der Waals surface area contributed by atoms with Crippen LogP contribution in [0.25, 0.3) is 0 Å². The zero-order valence-corrected chi connectivity index (χ0v) is 13.1. The first-order valence-electron chi connectivity index (χ1n) is 8.39. The number of carbonyl (C=O) groups is 1. The van der Waals surface area contributed by atoms with E-state index in [1.165, 1.54) is 38.6 Å². The molecule has 0 radical (unpaired) electrons. The number of Topliss-reactive ketones (excluding diaryl/α,β-unsaturated/α-hetero) is 1. The Bertz CT molecular complexity index is 439. The van der Waals surface area contributed by atoms with Gasteiger partial charge in [0.15, 0.2) is 5.78 Å². The van der Waals surface area contributed by atoms with Crippen LogP contribution in [0.2, 0.25) is 0 Å². The Hall–Kier alpha value is -1.35. The Balaban J connectivity index is 1.65. The van der Waals surface area contributed by atoms with E-state index in [1.54, 1.807) is 0 Å². The smallest absolute Gasteiger partial charge is 0.166 e. The lowest BCUT2D eigenvalue weighted by molar-refractivity contribution is -0.688. The van der Waals surface area contributed by atoms with Gasteiger partial charge in [0.25, 0.3) is 0 Å². The van der Waals surface area contributed by atoms with Gasteiger partial charge in [0.05, 0.1) is 24.8 Å². The van der Waals surface area contributed by atoms with Crippen molar-refractivity contribution >= 4 is 5.78 Å². The molecule has 0 spiro atoms. The third-order valence-electron chi connectivity index (χ3n) is 4.26. The third-order valence-corrected chi connectivity index (χ3v) is 4.26. The van der Waals surface area contributed by atoms with Crippen LogP contribution in [0, 0.1) is 0 Å². The average molecular weight is 290 g/mol. The fraction of sp³-hybridized carbons (Fsp3) is 0.611. The summed E-state index contributed by atoms with van der Waals surface area (Å²) in [6.45, 7) is 3.79. The van der Waals surface area contributed by atoms with Crippen molar-refractivity contribution in [2.45, 2.75) is 57.9 Å². The number of rotatable bonds is 9. The lowest BCUT2D eigenvalue weighted by Crippen LogP contribution is -2.89. The van der Waals surface area contributed by atoms with E-state index in [1.807, 2.05) is 31.2 Å². The molecule has 1 saturated carbocycles. The van der Waals surface area contributed by atoms with Crippen molar-refractivity contribution in [3.8, 4) is 5.75 Å².